The average molecular weight is 261 g/mol. The number of benzene rings is 1. The Hall–Kier alpha value is -0.835. The molecule has 1 heterocycles. The van der Waals surface area contributed by atoms with E-state index in [0.29, 0.717) is 5.46 Å². The zero-order valence-electron chi connectivity index (χ0n) is 11.8. The third kappa shape index (κ3) is 4.34. The van der Waals surface area contributed by atoms with Crippen molar-refractivity contribution in [1.29, 1.82) is 0 Å². The topological polar surface area (TPSA) is 43.7 Å². The largest absolute Gasteiger partial charge is 0.488 e. The van der Waals surface area contributed by atoms with Crippen LogP contribution in [0.4, 0.5) is 0 Å². The third-order valence-corrected chi connectivity index (χ3v) is 4.17. The maximum atomic E-state index is 9.21. The standard InChI is InChI=1S/C15H24BNO2/c1-2-13-6-4-9-17(10-8-13)12-14-5-3-7-15(11-14)16(18)19/h3,5,7,11,13,18-19H,2,4,6,8-10,12H2,1H3. The first-order chi connectivity index (χ1) is 9.19. The van der Waals surface area contributed by atoms with E-state index in [1.807, 2.05) is 12.1 Å². The average Bonchev–Trinajstić information content (AvgIpc) is 2.64. The summed E-state index contributed by atoms with van der Waals surface area (Å²) in [7, 11) is -1.37. The molecule has 0 spiro atoms. The molecule has 19 heavy (non-hydrogen) atoms. The zero-order valence-corrected chi connectivity index (χ0v) is 11.8. The molecule has 0 radical (unpaired) electrons. The van der Waals surface area contributed by atoms with Gasteiger partial charge in [-0.05, 0) is 49.3 Å². The van der Waals surface area contributed by atoms with Gasteiger partial charge in [-0.15, -0.1) is 0 Å². The summed E-state index contributed by atoms with van der Waals surface area (Å²) < 4.78 is 0. The van der Waals surface area contributed by atoms with Gasteiger partial charge in [0.05, 0.1) is 0 Å². The Morgan fingerprint density at radius 3 is 2.84 bits per heavy atom. The Kier molecular flexibility index (Phi) is 5.43. The van der Waals surface area contributed by atoms with Crippen LogP contribution in [-0.2, 0) is 6.54 Å². The number of hydrogen-bond donors (Lipinski definition) is 2. The molecule has 0 bridgehead atoms. The fraction of sp³-hybridized carbons (Fsp3) is 0.600. The van der Waals surface area contributed by atoms with Gasteiger partial charge in [0.2, 0.25) is 0 Å². The second kappa shape index (κ2) is 7.08. The lowest BCUT2D eigenvalue weighted by Gasteiger charge is -2.20. The maximum absolute atomic E-state index is 9.21. The molecule has 3 nitrogen and oxygen atoms in total. The lowest BCUT2D eigenvalue weighted by atomic mass is 9.79. The summed E-state index contributed by atoms with van der Waals surface area (Å²) in [6.45, 7) is 5.51. The fourth-order valence-electron chi connectivity index (χ4n) is 2.90. The van der Waals surface area contributed by atoms with Crippen molar-refractivity contribution in [1.82, 2.24) is 4.90 Å². The first-order valence-corrected chi connectivity index (χ1v) is 7.36. The first-order valence-electron chi connectivity index (χ1n) is 7.36. The van der Waals surface area contributed by atoms with E-state index in [1.165, 1.54) is 31.2 Å². The van der Waals surface area contributed by atoms with Crippen molar-refractivity contribution < 1.29 is 10.0 Å². The van der Waals surface area contributed by atoms with E-state index in [1.54, 1.807) is 6.07 Å². The van der Waals surface area contributed by atoms with Gasteiger partial charge in [-0.25, -0.2) is 0 Å². The molecular weight excluding hydrogens is 237 g/mol. The maximum Gasteiger partial charge on any atom is 0.488 e. The molecule has 1 atom stereocenters. The molecule has 2 N–H and O–H groups in total. The van der Waals surface area contributed by atoms with E-state index < -0.39 is 7.12 Å². The summed E-state index contributed by atoms with van der Waals surface area (Å²) in [4.78, 5) is 2.48. The van der Waals surface area contributed by atoms with E-state index >= 15 is 0 Å². The molecule has 1 aliphatic heterocycles. The highest BCUT2D eigenvalue weighted by Crippen LogP contribution is 2.21. The van der Waals surface area contributed by atoms with Gasteiger partial charge in [0.1, 0.15) is 0 Å². The molecule has 0 aliphatic carbocycles. The van der Waals surface area contributed by atoms with Gasteiger partial charge in [-0.2, -0.15) is 0 Å². The molecule has 104 valence electrons. The molecule has 0 saturated carbocycles. The van der Waals surface area contributed by atoms with E-state index in [-0.39, 0.29) is 0 Å². The second-order valence-electron chi connectivity index (χ2n) is 5.60. The Balaban J connectivity index is 1.95. The smallest absolute Gasteiger partial charge is 0.423 e. The second-order valence-corrected chi connectivity index (χ2v) is 5.60. The lowest BCUT2D eigenvalue weighted by molar-refractivity contribution is 0.272. The highest BCUT2D eigenvalue weighted by atomic mass is 16.4. The summed E-state index contributed by atoms with van der Waals surface area (Å²) in [5.41, 5.74) is 1.75. The highest BCUT2D eigenvalue weighted by Gasteiger charge is 2.16. The molecule has 1 aliphatic rings. The molecule has 0 aromatic heterocycles. The van der Waals surface area contributed by atoms with Crippen LogP contribution in [-0.4, -0.2) is 35.2 Å². The number of nitrogens with zero attached hydrogens (tertiary/aromatic N) is 1. The van der Waals surface area contributed by atoms with Crippen LogP contribution in [0.3, 0.4) is 0 Å². The van der Waals surface area contributed by atoms with Crippen LogP contribution in [0.25, 0.3) is 0 Å². The molecule has 1 aromatic carbocycles. The van der Waals surface area contributed by atoms with Gasteiger partial charge in [-0.3, -0.25) is 4.90 Å². The van der Waals surface area contributed by atoms with E-state index in [0.717, 1.165) is 25.6 Å². The predicted octanol–water partition coefficient (Wildman–Crippen LogP) is 1.38. The van der Waals surface area contributed by atoms with Crippen molar-refractivity contribution in [2.24, 2.45) is 5.92 Å². The zero-order chi connectivity index (χ0) is 13.7. The Labute approximate surface area is 116 Å². The van der Waals surface area contributed by atoms with Gasteiger partial charge < -0.3 is 10.0 Å². The van der Waals surface area contributed by atoms with Crippen molar-refractivity contribution in [3.05, 3.63) is 29.8 Å². The molecule has 1 fully saturated rings. The Morgan fingerprint density at radius 1 is 1.26 bits per heavy atom. The van der Waals surface area contributed by atoms with Gasteiger partial charge in [-0.1, -0.05) is 37.6 Å². The number of hydrogen-bond acceptors (Lipinski definition) is 3. The molecule has 2 rings (SSSR count). The fourth-order valence-corrected chi connectivity index (χ4v) is 2.90. The molecule has 1 saturated heterocycles. The molecular formula is C15H24BNO2. The SMILES string of the molecule is CCC1CCCN(Cc2cccc(B(O)O)c2)CC1. The van der Waals surface area contributed by atoms with Crippen molar-refractivity contribution in [2.75, 3.05) is 13.1 Å². The van der Waals surface area contributed by atoms with Crippen LogP contribution < -0.4 is 5.46 Å². The Bertz CT molecular complexity index is 397. The highest BCUT2D eigenvalue weighted by molar-refractivity contribution is 6.58. The minimum Gasteiger partial charge on any atom is -0.423 e. The summed E-state index contributed by atoms with van der Waals surface area (Å²) in [6.07, 6.45) is 5.21. The molecule has 1 aromatic rings. The van der Waals surface area contributed by atoms with E-state index in [4.69, 9.17) is 0 Å². The number of rotatable bonds is 4. The lowest BCUT2D eigenvalue weighted by Crippen LogP contribution is -2.31. The third-order valence-electron chi connectivity index (χ3n) is 4.17. The molecule has 0 amide bonds. The van der Waals surface area contributed by atoms with Crippen LogP contribution >= 0.6 is 0 Å². The van der Waals surface area contributed by atoms with E-state index in [2.05, 4.69) is 17.9 Å². The normalized spacial score (nSPS) is 21.1. The van der Waals surface area contributed by atoms with Crippen LogP contribution in [0.5, 0.6) is 0 Å². The van der Waals surface area contributed by atoms with Crippen molar-refractivity contribution in [3.63, 3.8) is 0 Å². The summed E-state index contributed by atoms with van der Waals surface area (Å²) >= 11 is 0. The van der Waals surface area contributed by atoms with Crippen LogP contribution in [0.15, 0.2) is 24.3 Å². The molecule has 1 unspecified atom stereocenters. The van der Waals surface area contributed by atoms with Gasteiger partial charge in [0.15, 0.2) is 0 Å². The van der Waals surface area contributed by atoms with Crippen molar-refractivity contribution in [2.45, 2.75) is 39.2 Å². The Morgan fingerprint density at radius 2 is 2.11 bits per heavy atom. The van der Waals surface area contributed by atoms with Crippen molar-refractivity contribution in [3.8, 4) is 0 Å². The summed E-state index contributed by atoms with van der Waals surface area (Å²) in [6, 6.07) is 7.61. The minimum atomic E-state index is -1.37. The van der Waals surface area contributed by atoms with Crippen LogP contribution in [0, 0.1) is 5.92 Å². The first kappa shape index (κ1) is 14.6. The van der Waals surface area contributed by atoms with Crippen LogP contribution in [0.1, 0.15) is 38.2 Å². The predicted molar refractivity (Wildman–Crippen MR) is 79.2 cm³/mol. The summed E-state index contributed by atoms with van der Waals surface area (Å²) in [5.74, 6) is 0.885. The number of likely N-dealkylation sites (tertiary alicyclic amines) is 1. The van der Waals surface area contributed by atoms with Crippen molar-refractivity contribution >= 4 is 12.6 Å². The van der Waals surface area contributed by atoms with Gasteiger partial charge in [0, 0.05) is 6.54 Å². The quantitative estimate of drug-likeness (QED) is 0.805. The van der Waals surface area contributed by atoms with Gasteiger partial charge in [0.25, 0.3) is 0 Å². The summed E-state index contributed by atoms with van der Waals surface area (Å²) in [5, 5.41) is 18.4. The van der Waals surface area contributed by atoms with Gasteiger partial charge >= 0.3 is 7.12 Å². The monoisotopic (exact) mass is 261 g/mol. The molecule has 4 heteroatoms. The van der Waals surface area contributed by atoms with E-state index in [9.17, 15) is 10.0 Å². The van der Waals surface area contributed by atoms with Crippen LogP contribution in [0.2, 0.25) is 0 Å². The minimum absolute atomic E-state index is 0.582.